The lowest BCUT2D eigenvalue weighted by Gasteiger charge is -2.23. The van der Waals surface area contributed by atoms with E-state index in [-0.39, 0.29) is 0 Å². The summed E-state index contributed by atoms with van der Waals surface area (Å²) in [7, 11) is 0. The van der Waals surface area contributed by atoms with Crippen LogP contribution in [-0.2, 0) is 0 Å². The van der Waals surface area contributed by atoms with E-state index in [1.54, 1.807) is 12.5 Å². The van der Waals surface area contributed by atoms with E-state index in [1.807, 2.05) is 30.3 Å². The number of nitrogens with one attached hydrogen (secondary N) is 1. The summed E-state index contributed by atoms with van der Waals surface area (Å²) in [5.74, 6) is 1.46. The largest absolute Gasteiger partial charge is 0.393 e. The van der Waals surface area contributed by atoms with Crippen molar-refractivity contribution in [3.05, 3.63) is 42.9 Å². The fraction of sp³-hybridized carbons (Fsp3) is 0.316. The highest BCUT2D eigenvalue weighted by atomic mass is 15.2. The number of aromatic nitrogens is 3. The van der Waals surface area contributed by atoms with Gasteiger partial charge in [-0.25, -0.2) is 9.97 Å². The molecule has 1 aromatic carbocycles. The molecule has 0 spiro atoms. The molecule has 1 saturated heterocycles. The van der Waals surface area contributed by atoms with Crippen LogP contribution in [0.4, 0.5) is 23.0 Å². The maximum atomic E-state index is 6.41. The Morgan fingerprint density at radius 3 is 2.56 bits per heavy atom. The fourth-order valence-corrected chi connectivity index (χ4v) is 3.35. The van der Waals surface area contributed by atoms with E-state index in [0.29, 0.717) is 11.5 Å². The lowest BCUT2D eigenvalue weighted by Crippen LogP contribution is -2.26. The van der Waals surface area contributed by atoms with Crippen LogP contribution >= 0.6 is 0 Å². The smallest absolute Gasteiger partial charge is 0.159 e. The lowest BCUT2D eigenvalue weighted by atomic mass is 10.2. The summed E-state index contributed by atoms with van der Waals surface area (Å²) in [6, 6.07) is 10.0. The van der Waals surface area contributed by atoms with Gasteiger partial charge in [0.2, 0.25) is 0 Å². The number of hydrogen-bond acceptors (Lipinski definition) is 6. The molecule has 2 aromatic heterocycles. The molecule has 1 fully saturated rings. The van der Waals surface area contributed by atoms with Crippen molar-refractivity contribution in [2.45, 2.75) is 25.7 Å². The molecule has 25 heavy (non-hydrogen) atoms. The van der Waals surface area contributed by atoms with Crippen molar-refractivity contribution in [2.24, 2.45) is 0 Å². The second-order valence-corrected chi connectivity index (χ2v) is 6.37. The third kappa shape index (κ3) is 3.20. The van der Waals surface area contributed by atoms with Gasteiger partial charge in [-0.15, -0.1) is 0 Å². The van der Waals surface area contributed by atoms with Gasteiger partial charge < -0.3 is 16.0 Å². The minimum atomic E-state index is 0.595. The first kappa shape index (κ1) is 15.6. The number of rotatable bonds is 3. The molecular weight excluding hydrogens is 312 g/mol. The molecular formula is C19H22N6. The number of fused-ring (bicyclic) bond motifs is 1. The monoisotopic (exact) mass is 334 g/mol. The van der Waals surface area contributed by atoms with E-state index in [1.165, 1.54) is 25.7 Å². The minimum absolute atomic E-state index is 0.595. The summed E-state index contributed by atoms with van der Waals surface area (Å²) >= 11 is 0. The molecule has 0 bridgehead atoms. The van der Waals surface area contributed by atoms with Crippen LogP contribution in [0.5, 0.6) is 0 Å². The van der Waals surface area contributed by atoms with Gasteiger partial charge in [0.1, 0.15) is 12.0 Å². The maximum Gasteiger partial charge on any atom is 0.159 e. The standard InChI is InChI=1S/C19H22N6/c20-16-18(22-13-23-19(16)25-11-3-1-2-4-12-25)24-15-9-5-7-14-8-6-10-21-17(14)15/h5-10,13H,1-4,11-12,20H2,(H,22,23,24). The van der Waals surface area contributed by atoms with Crippen molar-refractivity contribution in [2.75, 3.05) is 29.0 Å². The fourth-order valence-electron chi connectivity index (χ4n) is 3.35. The van der Waals surface area contributed by atoms with E-state index < -0.39 is 0 Å². The van der Waals surface area contributed by atoms with Crippen molar-refractivity contribution < 1.29 is 0 Å². The number of nitrogens with two attached hydrogens (primary N) is 1. The van der Waals surface area contributed by atoms with Gasteiger partial charge in [-0.2, -0.15) is 0 Å². The van der Waals surface area contributed by atoms with Crippen molar-refractivity contribution in [1.29, 1.82) is 0 Å². The Morgan fingerprint density at radius 2 is 1.72 bits per heavy atom. The number of hydrogen-bond donors (Lipinski definition) is 2. The van der Waals surface area contributed by atoms with Crippen molar-refractivity contribution in [1.82, 2.24) is 15.0 Å². The number of pyridine rings is 1. The Bertz CT molecular complexity index is 865. The summed E-state index contributed by atoms with van der Waals surface area (Å²) in [6.45, 7) is 1.99. The summed E-state index contributed by atoms with van der Waals surface area (Å²) < 4.78 is 0. The van der Waals surface area contributed by atoms with Gasteiger partial charge in [0, 0.05) is 24.7 Å². The van der Waals surface area contributed by atoms with Crippen molar-refractivity contribution >= 4 is 33.9 Å². The highest BCUT2D eigenvalue weighted by Crippen LogP contribution is 2.31. The molecule has 3 N–H and O–H groups in total. The first-order valence-corrected chi connectivity index (χ1v) is 8.79. The molecule has 3 heterocycles. The number of para-hydroxylation sites is 1. The maximum absolute atomic E-state index is 6.41. The van der Waals surface area contributed by atoms with Gasteiger partial charge in [0.05, 0.1) is 11.2 Å². The van der Waals surface area contributed by atoms with Crippen LogP contribution in [0.15, 0.2) is 42.9 Å². The topological polar surface area (TPSA) is 80.0 Å². The zero-order valence-electron chi connectivity index (χ0n) is 14.2. The van der Waals surface area contributed by atoms with Crippen LogP contribution in [0.2, 0.25) is 0 Å². The molecule has 0 atom stereocenters. The molecule has 6 nitrogen and oxygen atoms in total. The van der Waals surface area contributed by atoms with Gasteiger partial charge in [-0.1, -0.05) is 31.0 Å². The quantitative estimate of drug-likeness (QED) is 0.760. The molecule has 1 aliphatic rings. The van der Waals surface area contributed by atoms with E-state index >= 15 is 0 Å². The SMILES string of the molecule is Nc1c(Nc2cccc3cccnc23)ncnc1N1CCCCCC1. The molecule has 3 aromatic rings. The number of nitrogen functional groups attached to an aromatic ring is 1. The van der Waals surface area contributed by atoms with E-state index in [2.05, 4.69) is 25.2 Å². The normalized spacial score (nSPS) is 15.1. The van der Waals surface area contributed by atoms with Gasteiger partial charge in [-0.3, -0.25) is 4.98 Å². The van der Waals surface area contributed by atoms with Gasteiger partial charge in [0.25, 0.3) is 0 Å². The van der Waals surface area contributed by atoms with Crippen molar-refractivity contribution in [3.63, 3.8) is 0 Å². The van der Waals surface area contributed by atoms with E-state index in [0.717, 1.165) is 35.5 Å². The van der Waals surface area contributed by atoms with Crippen molar-refractivity contribution in [3.8, 4) is 0 Å². The number of benzene rings is 1. The summed E-state index contributed by atoms with van der Waals surface area (Å²) in [4.78, 5) is 15.5. The van der Waals surface area contributed by atoms with Gasteiger partial charge >= 0.3 is 0 Å². The van der Waals surface area contributed by atoms with Crippen LogP contribution in [0.1, 0.15) is 25.7 Å². The Kier molecular flexibility index (Phi) is 4.33. The zero-order chi connectivity index (χ0) is 17.1. The van der Waals surface area contributed by atoms with Crippen LogP contribution in [0.3, 0.4) is 0 Å². The minimum Gasteiger partial charge on any atom is -0.393 e. The number of anilines is 4. The molecule has 128 valence electrons. The highest BCUT2D eigenvalue weighted by molar-refractivity contribution is 5.93. The van der Waals surface area contributed by atoms with Crippen LogP contribution in [0.25, 0.3) is 10.9 Å². The highest BCUT2D eigenvalue weighted by Gasteiger charge is 2.17. The Balaban J connectivity index is 1.67. The first-order valence-electron chi connectivity index (χ1n) is 8.79. The summed E-state index contributed by atoms with van der Waals surface area (Å²) in [5.41, 5.74) is 8.80. The molecule has 4 rings (SSSR count). The molecule has 6 heteroatoms. The van der Waals surface area contributed by atoms with E-state index in [4.69, 9.17) is 5.73 Å². The first-order chi connectivity index (χ1) is 12.3. The molecule has 0 unspecified atom stereocenters. The van der Waals surface area contributed by atoms with Gasteiger partial charge in [-0.05, 0) is 25.0 Å². The molecule has 0 amide bonds. The van der Waals surface area contributed by atoms with Crippen LogP contribution in [0, 0.1) is 0 Å². The van der Waals surface area contributed by atoms with Crippen LogP contribution in [-0.4, -0.2) is 28.0 Å². The summed E-state index contributed by atoms with van der Waals surface area (Å²) in [6.07, 6.45) is 8.28. The predicted octanol–water partition coefficient (Wildman–Crippen LogP) is 3.73. The molecule has 0 aliphatic carbocycles. The molecule has 0 saturated carbocycles. The third-order valence-electron chi connectivity index (χ3n) is 4.65. The molecule has 1 aliphatic heterocycles. The predicted molar refractivity (Wildman–Crippen MR) is 102 cm³/mol. The Morgan fingerprint density at radius 1 is 0.920 bits per heavy atom. The van der Waals surface area contributed by atoms with E-state index in [9.17, 15) is 0 Å². The van der Waals surface area contributed by atoms with Crippen LogP contribution < -0.4 is 16.0 Å². The molecule has 0 radical (unpaired) electrons. The second kappa shape index (κ2) is 6.93. The second-order valence-electron chi connectivity index (χ2n) is 6.37. The zero-order valence-corrected chi connectivity index (χ0v) is 14.2. The lowest BCUT2D eigenvalue weighted by molar-refractivity contribution is 0.726. The Labute approximate surface area is 147 Å². The summed E-state index contributed by atoms with van der Waals surface area (Å²) in [5, 5.41) is 4.42. The third-order valence-corrected chi connectivity index (χ3v) is 4.65. The van der Waals surface area contributed by atoms with Gasteiger partial charge in [0.15, 0.2) is 11.6 Å². The Hall–Kier alpha value is -2.89. The average molecular weight is 334 g/mol. The average Bonchev–Trinajstić information content (AvgIpc) is 2.93. The number of nitrogens with zero attached hydrogens (tertiary/aromatic N) is 4.